The topological polar surface area (TPSA) is 43.6 Å². The smallest absolute Gasteiger partial charge is 0.160 e. The number of hydrogen-bond donors (Lipinski definition) is 0. The van der Waals surface area contributed by atoms with Gasteiger partial charge in [-0.2, -0.15) is 5.10 Å². The van der Waals surface area contributed by atoms with Crippen LogP contribution >= 0.6 is 0 Å². The van der Waals surface area contributed by atoms with Gasteiger partial charge < -0.3 is 0 Å². The minimum Gasteiger partial charge on any atom is -0.232 e. The maximum absolute atomic E-state index is 5.23. The van der Waals surface area contributed by atoms with Crippen molar-refractivity contribution in [1.82, 2.24) is 19.7 Å². The molecular weight excluding hydrogens is 524 g/mol. The van der Waals surface area contributed by atoms with Gasteiger partial charge in [-0.3, -0.25) is 0 Å². The summed E-state index contributed by atoms with van der Waals surface area (Å²) in [5.41, 5.74) is 8.89. The number of hydrogen-bond acceptors (Lipinski definition) is 3. The molecule has 6 aromatic carbocycles. The first-order chi connectivity index (χ1) is 21.3. The fraction of sp³-hybridized carbons (Fsp3) is 0. The summed E-state index contributed by atoms with van der Waals surface area (Å²) in [6.45, 7) is 0. The van der Waals surface area contributed by atoms with Gasteiger partial charge in [-0.25, -0.2) is 14.6 Å². The molecule has 0 aliphatic heterocycles. The van der Waals surface area contributed by atoms with Crippen LogP contribution in [0.4, 0.5) is 0 Å². The summed E-state index contributed by atoms with van der Waals surface area (Å²) in [6.07, 6.45) is 0. The van der Waals surface area contributed by atoms with Crippen molar-refractivity contribution in [2.75, 3.05) is 0 Å². The molecule has 0 amide bonds. The summed E-state index contributed by atoms with van der Waals surface area (Å²) in [5.74, 6) is 0.701. The average Bonchev–Trinajstić information content (AvgIpc) is 3.50. The number of rotatable bonds is 5. The first-order valence-corrected chi connectivity index (χ1v) is 14.4. The number of aromatic nitrogens is 4. The van der Waals surface area contributed by atoms with Crippen LogP contribution in [-0.4, -0.2) is 19.7 Å². The Morgan fingerprint density at radius 2 is 1.05 bits per heavy atom. The van der Waals surface area contributed by atoms with E-state index in [9.17, 15) is 0 Å². The first kappa shape index (κ1) is 24.9. The lowest BCUT2D eigenvalue weighted by Crippen LogP contribution is -1.96. The molecule has 8 aromatic rings. The van der Waals surface area contributed by atoms with Crippen LogP contribution in [0.5, 0.6) is 0 Å². The van der Waals surface area contributed by atoms with Crippen molar-refractivity contribution in [2.45, 2.75) is 0 Å². The summed E-state index contributed by atoms with van der Waals surface area (Å²) in [7, 11) is 0. The van der Waals surface area contributed by atoms with Gasteiger partial charge in [-0.15, -0.1) is 0 Å². The number of nitrogens with zero attached hydrogens (tertiary/aromatic N) is 4. The molecule has 0 fully saturated rings. The van der Waals surface area contributed by atoms with Crippen molar-refractivity contribution >= 4 is 21.7 Å². The summed E-state index contributed by atoms with van der Waals surface area (Å²) in [4.78, 5) is 10.0. The first-order valence-electron chi connectivity index (χ1n) is 14.4. The Bertz CT molecular complexity index is 2160. The van der Waals surface area contributed by atoms with E-state index in [1.54, 1.807) is 0 Å². The highest BCUT2D eigenvalue weighted by atomic mass is 15.3. The SMILES string of the molecule is c1ccc(-c2cc(-c3cccc(-c4nn(-c5ccccc5)c5ccc6ccccc6c45)c3)nc(-c3ccccc3)n2)cc1. The number of para-hydroxylation sites is 1. The zero-order chi connectivity index (χ0) is 28.6. The third-order valence-electron chi connectivity index (χ3n) is 7.83. The third kappa shape index (κ3) is 4.55. The molecule has 0 saturated heterocycles. The summed E-state index contributed by atoms with van der Waals surface area (Å²) in [6, 6.07) is 54.3. The second kappa shape index (κ2) is 10.5. The van der Waals surface area contributed by atoms with Gasteiger partial charge in [0.1, 0.15) is 5.69 Å². The Hall–Kier alpha value is -5.87. The molecule has 0 atom stereocenters. The number of benzene rings is 6. The number of fused-ring (bicyclic) bond motifs is 3. The highest BCUT2D eigenvalue weighted by molar-refractivity contribution is 6.13. The molecule has 0 saturated carbocycles. The van der Waals surface area contributed by atoms with Gasteiger partial charge in [0, 0.05) is 27.6 Å². The van der Waals surface area contributed by atoms with E-state index in [1.807, 2.05) is 54.6 Å². The normalized spacial score (nSPS) is 11.3. The molecule has 4 heteroatoms. The lowest BCUT2D eigenvalue weighted by Gasteiger charge is -2.10. The van der Waals surface area contributed by atoms with Gasteiger partial charge in [0.15, 0.2) is 5.82 Å². The monoisotopic (exact) mass is 550 g/mol. The minimum absolute atomic E-state index is 0.701. The van der Waals surface area contributed by atoms with Crippen molar-refractivity contribution < 1.29 is 0 Å². The largest absolute Gasteiger partial charge is 0.232 e. The molecule has 202 valence electrons. The molecule has 2 aromatic heterocycles. The molecule has 8 rings (SSSR count). The van der Waals surface area contributed by atoms with Gasteiger partial charge in [-0.05, 0) is 41.1 Å². The van der Waals surface area contributed by atoms with Crippen LogP contribution in [0.25, 0.3) is 72.5 Å². The van der Waals surface area contributed by atoms with Gasteiger partial charge in [0.05, 0.1) is 22.6 Å². The van der Waals surface area contributed by atoms with Crippen LogP contribution in [-0.2, 0) is 0 Å². The van der Waals surface area contributed by atoms with E-state index in [0.29, 0.717) is 5.82 Å². The minimum atomic E-state index is 0.701. The Morgan fingerprint density at radius 3 is 1.81 bits per heavy atom. The van der Waals surface area contributed by atoms with E-state index in [4.69, 9.17) is 15.1 Å². The standard InChI is InChI=1S/C39H26N4/c1-4-14-28(15-5-1)34-26-35(41-39(40-34)29-16-6-2-7-17-29)30-18-12-19-31(25-30)38-37-33-22-11-10-13-27(33)23-24-36(37)43(42-38)32-20-8-3-9-21-32/h1-26H. The maximum atomic E-state index is 5.23. The molecule has 43 heavy (non-hydrogen) atoms. The molecule has 4 nitrogen and oxygen atoms in total. The van der Waals surface area contributed by atoms with E-state index < -0.39 is 0 Å². The van der Waals surface area contributed by atoms with Crippen molar-refractivity contribution in [1.29, 1.82) is 0 Å². The predicted octanol–water partition coefficient (Wildman–Crippen LogP) is 9.64. The molecule has 0 N–H and O–H groups in total. The van der Waals surface area contributed by atoms with Crippen molar-refractivity contribution in [2.24, 2.45) is 0 Å². The van der Waals surface area contributed by atoms with Crippen LogP contribution in [0.2, 0.25) is 0 Å². The molecule has 0 aliphatic rings. The van der Waals surface area contributed by atoms with Crippen molar-refractivity contribution in [3.05, 3.63) is 158 Å². The average molecular weight is 551 g/mol. The van der Waals surface area contributed by atoms with Gasteiger partial charge in [-0.1, -0.05) is 127 Å². The van der Waals surface area contributed by atoms with Crippen LogP contribution in [0.3, 0.4) is 0 Å². The zero-order valence-corrected chi connectivity index (χ0v) is 23.3. The predicted molar refractivity (Wildman–Crippen MR) is 176 cm³/mol. The van der Waals surface area contributed by atoms with E-state index in [-0.39, 0.29) is 0 Å². The molecule has 2 heterocycles. The van der Waals surface area contributed by atoms with Crippen LogP contribution in [0.1, 0.15) is 0 Å². The quantitative estimate of drug-likeness (QED) is 0.214. The van der Waals surface area contributed by atoms with E-state index in [2.05, 4.69) is 108 Å². The lowest BCUT2D eigenvalue weighted by molar-refractivity contribution is 0.915. The van der Waals surface area contributed by atoms with Crippen LogP contribution in [0.15, 0.2) is 158 Å². The fourth-order valence-corrected chi connectivity index (χ4v) is 5.75. The van der Waals surface area contributed by atoms with E-state index in [1.165, 1.54) is 10.8 Å². The molecule has 0 aliphatic carbocycles. The molecular formula is C39H26N4. The Balaban J connectivity index is 1.34. The highest BCUT2D eigenvalue weighted by Gasteiger charge is 2.18. The van der Waals surface area contributed by atoms with Gasteiger partial charge >= 0.3 is 0 Å². The van der Waals surface area contributed by atoms with E-state index >= 15 is 0 Å². The summed E-state index contributed by atoms with van der Waals surface area (Å²) in [5, 5.41) is 8.74. The van der Waals surface area contributed by atoms with Crippen LogP contribution in [0, 0.1) is 0 Å². The summed E-state index contributed by atoms with van der Waals surface area (Å²) < 4.78 is 2.05. The Morgan fingerprint density at radius 1 is 0.442 bits per heavy atom. The fourth-order valence-electron chi connectivity index (χ4n) is 5.75. The Labute approximate surface area is 249 Å². The van der Waals surface area contributed by atoms with Crippen molar-refractivity contribution in [3.8, 4) is 50.8 Å². The molecule has 0 radical (unpaired) electrons. The zero-order valence-electron chi connectivity index (χ0n) is 23.3. The third-order valence-corrected chi connectivity index (χ3v) is 7.83. The maximum Gasteiger partial charge on any atom is 0.160 e. The highest BCUT2D eigenvalue weighted by Crippen LogP contribution is 2.37. The lowest BCUT2D eigenvalue weighted by atomic mass is 9.99. The second-order valence-corrected chi connectivity index (χ2v) is 10.6. The van der Waals surface area contributed by atoms with Crippen LogP contribution < -0.4 is 0 Å². The molecule has 0 bridgehead atoms. The summed E-state index contributed by atoms with van der Waals surface area (Å²) >= 11 is 0. The van der Waals surface area contributed by atoms with Crippen molar-refractivity contribution in [3.63, 3.8) is 0 Å². The molecule has 0 spiro atoms. The van der Waals surface area contributed by atoms with Gasteiger partial charge in [0.2, 0.25) is 0 Å². The van der Waals surface area contributed by atoms with E-state index in [0.717, 1.165) is 55.9 Å². The van der Waals surface area contributed by atoms with Gasteiger partial charge in [0.25, 0.3) is 0 Å². The molecule has 0 unspecified atom stereocenters. The second-order valence-electron chi connectivity index (χ2n) is 10.6. The Kier molecular flexibility index (Phi) is 6.08.